The molecule has 2 heterocycles. The molecule has 3 rings (SSSR count). The number of imidazole rings is 1. The van der Waals surface area contributed by atoms with Crippen molar-refractivity contribution in [2.75, 3.05) is 0 Å². The summed E-state index contributed by atoms with van der Waals surface area (Å²) in [6, 6.07) is 10.2. The number of rotatable bonds is 3. The van der Waals surface area contributed by atoms with E-state index in [0.717, 1.165) is 33.2 Å². The molecule has 3 nitrogen and oxygen atoms in total. The van der Waals surface area contributed by atoms with Gasteiger partial charge >= 0.3 is 0 Å². The minimum Gasteiger partial charge on any atom is -0.331 e. The van der Waals surface area contributed by atoms with Gasteiger partial charge in [0.15, 0.2) is 4.77 Å². The quantitative estimate of drug-likeness (QED) is 0.732. The number of nitrogens with one attached hydrogen (secondary N) is 1. The highest BCUT2D eigenvalue weighted by molar-refractivity contribution is 9.10. The molecule has 0 amide bonds. The number of pyridine rings is 1. The van der Waals surface area contributed by atoms with E-state index in [1.807, 2.05) is 24.4 Å². The average molecular weight is 334 g/mol. The second-order valence-corrected chi connectivity index (χ2v) is 5.66. The molecule has 96 valence electrons. The maximum atomic E-state index is 5.39. The number of nitrogens with zero attached hydrogens (tertiary/aromatic N) is 2. The first kappa shape index (κ1) is 12.6. The van der Waals surface area contributed by atoms with Crippen LogP contribution in [-0.4, -0.2) is 14.5 Å². The molecule has 0 aliphatic carbocycles. The molecular weight excluding hydrogens is 322 g/mol. The Kier molecular flexibility index (Phi) is 3.48. The summed E-state index contributed by atoms with van der Waals surface area (Å²) < 4.78 is 3.95. The van der Waals surface area contributed by atoms with Crippen molar-refractivity contribution in [1.29, 1.82) is 0 Å². The number of H-pyrrole nitrogens is 1. The molecule has 0 saturated heterocycles. The van der Waals surface area contributed by atoms with Gasteiger partial charge in [-0.25, -0.2) is 0 Å². The Morgan fingerprint density at radius 1 is 1.32 bits per heavy atom. The minimum atomic E-state index is 0.761. The second kappa shape index (κ2) is 5.27. The molecule has 19 heavy (non-hydrogen) atoms. The van der Waals surface area contributed by atoms with Gasteiger partial charge in [-0.3, -0.25) is 4.98 Å². The van der Waals surface area contributed by atoms with Crippen LogP contribution in [0.5, 0.6) is 0 Å². The highest BCUT2D eigenvalue weighted by atomic mass is 79.9. The summed E-state index contributed by atoms with van der Waals surface area (Å²) in [5.41, 5.74) is 3.41. The lowest BCUT2D eigenvalue weighted by Gasteiger charge is -2.04. The van der Waals surface area contributed by atoms with Gasteiger partial charge in [-0.1, -0.05) is 22.0 Å². The number of hydrogen-bond donors (Lipinski definition) is 1. The fraction of sp³-hybridized carbons (Fsp3) is 0.143. The fourth-order valence-corrected chi connectivity index (χ4v) is 2.78. The summed E-state index contributed by atoms with van der Waals surface area (Å²) in [6.07, 6.45) is 4.61. The van der Waals surface area contributed by atoms with Crippen molar-refractivity contribution in [2.24, 2.45) is 0 Å². The first-order valence-electron chi connectivity index (χ1n) is 6.01. The van der Waals surface area contributed by atoms with Crippen LogP contribution in [0.2, 0.25) is 0 Å². The zero-order valence-corrected chi connectivity index (χ0v) is 12.5. The van der Waals surface area contributed by atoms with Crippen molar-refractivity contribution in [3.8, 4) is 0 Å². The van der Waals surface area contributed by atoms with E-state index in [9.17, 15) is 0 Å². The van der Waals surface area contributed by atoms with Crippen LogP contribution in [0, 0.1) is 4.77 Å². The first-order chi connectivity index (χ1) is 9.24. The van der Waals surface area contributed by atoms with Crippen LogP contribution >= 0.6 is 28.1 Å². The zero-order chi connectivity index (χ0) is 13.2. The van der Waals surface area contributed by atoms with Crippen LogP contribution in [0.1, 0.15) is 5.56 Å². The summed E-state index contributed by atoms with van der Waals surface area (Å²) in [5.74, 6) is 0. The van der Waals surface area contributed by atoms with Crippen molar-refractivity contribution in [3.05, 3.63) is 57.5 Å². The predicted molar refractivity (Wildman–Crippen MR) is 82.8 cm³/mol. The fourth-order valence-electron chi connectivity index (χ4n) is 2.13. The van der Waals surface area contributed by atoms with Gasteiger partial charge in [0.2, 0.25) is 0 Å². The smallest absolute Gasteiger partial charge is 0.178 e. The Hall–Kier alpha value is -1.46. The second-order valence-electron chi connectivity index (χ2n) is 4.35. The number of benzene rings is 1. The Morgan fingerprint density at radius 3 is 3.00 bits per heavy atom. The topological polar surface area (TPSA) is 33.6 Å². The van der Waals surface area contributed by atoms with Crippen molar-refractivity contribution in [3.63, 3.8) is 0 Å². The Morgan fingerprint density at radius 2 is 2.21 bits per heavy atom. The van der Waals surface area contributed by atoms with Gasteiger partial charge in [0.05, 0.1) is 11.0 Å². The molecule has 0 radical (unpaired) electrons. The first-order valence-corrected chi connectivity index (χ1v) is 7.21. The number of halogens is 1. The van der Waals surface area contributed by atoms with Crippen LogP contribution in [-0.2, 0) is 13.0 Å². The van der Waals surface area contributed by atoms with Crippen LogP contribution < -0.4 is 0 Å². The van der Waals surface area contributed by atoms with Gasteiger partial charge in [0.1, 0.15) is 0 Å². The van der Waals surface area contributed by atoms with Crippen molar-refractivity contribution in [1.82, 2.24) is 14.5 Å². The SMILES string of the molecule is S=c1[nH]c2ccc(Br)cc2n1CCc1cccnc1. The normalized spacial score (nSPS) is 11.0. The van der Waals surface area contributed by atoms with E-state index in [0.29, 0.717) is 0 Å². The van der Waals surface area contributed by atoms with E-state index in [-0.39, 0.29) is 0 Å². The number of aromatic nitrogens is 3. The van der Waals surface area contributed by atoms with Gasteiger partial charge in [-0.2, -0.15) is 0 Å². The third-order valence-electron chi connectivity index (χ3n) is 3.08. The average Bonchev–Trinajstić information content (AvgIpc) is 2.73. The van der Waals surface area contributed by atoms with Gasteiger partial charge in [-0.05, 0) is 48.5 Å². The molecular formula is C14H12BrN3S. The van der Waals surface area contributed by atoms with Crippen LogP contribution in [0.15, 0.2) is 47.2 Å². The lowest BCUT2D eigenvalue weighted by atomic mass is 10.2. The van der Waals surface area contributed by atoms with Gasteiger partial charge < -0.3 is 9.55 Å². The van der Waals surface area contributed by atoms with Gasteiger partial charge in [-0.15, -0.1) is 0 Å². The van der Waals surface area contributed by atoms with Gasteiger partial charge in [0, 0.05) is 23.4 Å². The Balaban J connectivity index is 1.94. The van der Waals surface area contributed by atoms with E-state index in [2.05, 4.69) is 42.6 Å². The van der Waals surface area contributed by atoms with E-state index < -0.39 is 0 Å². The van der Waals surface area contributed by atoms with E-state index >= 15 is 0 Å². The van der Waals surface area contributed by atoms with Crippen molar-refractivity contribution >= 4 is 39.2 Å². The monoisotopic (exact) mass is 333 g/mol. The molecule has 5 heteroatoms. The third-order valence-corrected chi connectivity index (χ3v) is 3.90. The van der Waals surface area contributed by atoms with E-state index in [1.54, 1.807) is 6.20 Å². The highest BCUT2D eigenvalue weighted by Gasteiger charge is 2.05. The summed E-state index contributed by atoms with van der Waals surface area (Å²) >= 11 is 8.89. The lowest BCUT2D eigenvalue weighted by molar-refractivity contribution is 0.705. The molecule has 3 aromatic rings. The molecule has 0 unspecified atom stereocenters. The molecule has 0 spiro atoms. The van der Waals surface area contributed by atoms with Crippen LogP contribution in [0.25, 0.3) is 11.0 Å². The maximum absolute atomic E-state index is 5.39. The zero-order valence-electron chi connectivity index (χ0n) is 10.1. The van der Waals surface area contributed by atoms with Crippen molar-refractivity contribution < 1.29 is 0 Å². The number of aryl methyl sites for hydroxylation is 2. The molecule has 0 aliphatic rings. The number of fused-ring (bicyclic) bond motifs is 1. The molecule has 2 aromatic heterocycles. The number of aromatic amines is 1. The van der Waals surface area contributed by atoms with Crippen molar-refractivity contribution in [2.45, 2.75) is 13.0 Å². The van der Waals surface area contributed by atoms with Crippen LogP contribution in [0.4, 0.5) is 0 Å². The van der Waals surface area contributed by atoms with Gasteiger partial charge in [0.25, 0.3) is 0 Å². The summed E-state index contributed by atoms with van der Waals surface area (Å²) in [5, 5.41) is 0. The predicted octanol–water partition coefficient (Wildman–Crippen LogP) is 4.10. The molecule has 1 N–H and O–H groups in total. The Bertz CT molecular complexity index is 761. The maximum Gasteiger partial charge on any atom is 0.178 e. The van der Waals surface area contributed by atoms with Crippen LogP contribution in [0.3, 0.4) is 0 Å². The summed E-state index contributed by atoms with van der Waals surface area (Å²) in [6.45, 7) is 0.848. The molecule has 1 aromatic carbocycles. The summed E-state index contributed by atoms with van der Waals surface area (Å²) in [7, 11) is 0. The molecule has 0 saturated carbocycles. The standard InChI is InChI=1S/C14H12BrN3S/c15-11-3-4-12-13(8-11)18(14(19)17-12)7-5-10-2-1-6-16-9-10/h1-4,6,8-9H,5,7H2,(H,17,19). The molecule has 0 atom stereocenters. The largest absolute Gasteiger partial charge is 0.331 e. The Labute approximate surface area is 124 Å². The van der Waals surface area contributed by atoms with E-state index in [1.165, 1.54) is 5.56 Å². The molecule has 0 fully saturated rings. The molecule has 0 aliphatic heterocycles. The summed E-state index contributed by atoms with van der Waals surface area (Å²) in [4.78, 5) is 7.36. The molecule has 0 bridgehead atoms. The highest BCUT2D eigenvalue weighted by Crippen LogP contribution is 2.20. The number of hydrogen-bond acceptors (Lipinski definition) is 2. The van der Waals surface area contributed by atoms with E-state index in [4.69, 9.17) is 12.2 Å². The minimum absolute atomic E-state index is 0.761. The lowest BCUT2D eigenvalue weighted by Crippen LogP contribution is -2.01. The third kappa shape index (κ3) is 2.62.